The second-order valence-corrected chi connectivity index (χ2v) is 9.48. The molecule has 2 N–H and O–H groups in total. The molecule has 9 heteroatoms. The number of benzene rings is 2. The van der Waals surface area contributed by atoms with Gasteiger partial charge >= 0.3 is 0 Å². The summed E-state index contributed by atoms with van der Waals surface area (Å²) in [6.45, 7) is 3.57. The molecule has 0 radical (unpaired) electrons. The quantitative estimate of drug-likeness (QED) is 0.424. The van der Waals surface area contributed by atoms with Crippen LogP contribution in [0.4, 0.5) is 11.4 Å². The lowest BCUT2D eigenvalue weighted by atomic mass is 10.2. The second-order valence-electron chi connectivity index (χ2n) is 6.85. The first-order valence-electron chi connectivity index (χ1n) is 9.34. The lowest BCUT2D eigenvalue weighted by Crippen LogP contribution is -2.14. The predicted octanol–water partition coefficient (Wildman–Crippen LogP) is 5.07. The molecule has 0 aliphatic rings. The van der Waals surface area contributed by atoms with E-state index in [1.54, 1.807) is 55.5 Å². The van der Waals surface area contributed by atoms with Crippen LogP contribution >= 0.6 is 11.3 Å². The molecule has 2 aromatic carbocycles. The van der Waals surface area contributed by atoms with E-state index in [4.69, 9.17) is 4.42 Å². The Morgan fingerprint density at radius 1 is 0.968 bits per heavy atom. The minimum Gasteiger partial charge on any atom is -0.440 e. The fraction of sp³-hybridized carbons (Fsp3) is 0.0909. The third-order valence-electron chi connectivity index (χ3n) is 4.47. The van der Waals surface area contributed by atoms with Gasteiger partial charge in [0.05, 0.1) is 9.77 Å². The number of amides is 1. The number of anilines is 2. The van der Waals surface area contributed by atoms with Crippen LogP contribution in [-0.2, 0) is 10.0 Å². The van der Waals surface area contributed by atoms with Gasteiger partial charge in [0.2, 0.25) is 5.89 Å². The van der Waals surface area contributed by atoms with Crippen LogP contribution in [0.5, 0.6) is 0 Å². The summed E-state index contributed by atoms with van der Waals surface area (Å²) < 4.78 is 33.1. The molecule has 4 rings (SSSR count). The van der Waals surface area contributed by atoms with E-state index >= 15 is 0 Å². The highest BCUT2D eigenvalue weighted by Crippen LogP contribution is 2.26. The molecule has 158 valence electrons. The fourth-order valence-electron chi connectivity index (χ4n) is 2.86. The van der Waals surface area contributed by atoms with E-state index in [0.717, 1.165) is 10.4 Å². The molecule has 2 aromatic heterocycles. The van der Waals surface area contributed by atoms with Crippen molar-refractivity contribution in [3.05, 3.63) is 83.1 Å². The predicted molar refractivity (Wildman–Crippen MR) is 121 cm³/mol. The molecule has 0 spiro atoms. The lowest BCUT2D eigenvalue weighted by molar-refractivity contribution is 0.102. The molecule has 0 bridgehead atoms. The number of hydrogen-bond acceptors (Lipinski definition) is 6. The van der Waals surface area contributed by atoms with E-state index < -0.39 is 15.9 Å². The number of carbonyl (C=O) groups is 1. The van der Waals surface area contributed by atoms with Gasteiger partial charge in [0.1, 0.15) is 5.76 Å². The van der Waals surface area contributed by atoms with Crippen molar-refractivity contribution >= 4 is 38.6 Å². The molecule has 0 saturated heterocycles. The van der Waals surface area contributed by atoms with Gasteiger partial charge in [0.25, 0.3) is 15.9 Å². The molecule has 0 saturated carbocycles. The van der Waals surface area contributed by atoms with Gasteiger partial charge in [-0.05, 0) is 61.7 Å². The number of aromatic nitrogens is 1. The summed E-state index contributed by atoms with van der Waals surface area (Å²) in [5.74, 6) is 0.416. The maximum absolute atomic E-state index is 12.6. The van der Waals surface area contributed by atoms with E-state index in [2.05, 4.69) is 15.0 Å². The minimum absolute atomic E-state index is 0.179. The van der Waals surface area contributed by atoms with Gasteiger partial charge in [0.15, 0.2) is 5.69 Å². The first-order chi connectivity index (χ1) is 14.8. The van der Waals surface area contributed by atoms with E-state index in [1.165, 1.54) is 11.3 Å². The number of nitrogens with zero attached hydrogens (tertiary/aromatic N) is 1. The summed E-state index contributed by atoms with van der Waals surface area (Å²) in [6, 6.07) is 16.7. The van der Waals surface area contributed by atoms with E-state index in [1.807, 2.05) is 24.4 Å². The van der Waals surface area contributed by atoms with Crippen molar-refractivity contribution in [1.82, 2.24) is 4.98 Å². The monoisotopic (exact) mass is 453 g/mol. The molecule has 31 heavy (non-hydrogen) atoms. The number of thiophene rings is 1. The number of nitrogens with one attached hydrogen (secondary N) is 2. The zero-order valence-electron chi connectivity index (χ0n) is 16.7. The summed E-state index contributed by atoms with van der Waals surface area (Å²) in [4.78, 5) is 17.9. The number of oxazole rings is 1. The van der Waals surface area contributed by atoms with Gasteiger partial charge < -0.3 is 9.73 Å². The summed E-state index contributed by atoms with van der Waals surface area (Å²) in [7, 11) is -3.69. The highest BCUT2D eigenvalue weighted by atomic mass is 32.2. The number of carbonyl (C=O) groups excluding carboxylic acids is 1. The van der Waals surface area contributed by atoms with Crippen LogP contribution in [0.2, 0.25) is 0 Å². The summed E-state index contributed by atoms with van der Waals surface area (Å²) in [6.07, 6.45) is 0. The molecular weight excluding hydrogens is 434 g/mol. The Kier molecular flexibility index (Phi) is 5.62. The first-order valence-corrected chi connectivity index (χ1v) is 11.7. The summed E-state index contributed by atoms with van der Waals surface area (Å²) >= 11 is 1.47. The Morgan fingerprint density at radius 2 is 1.65 bits per heavy atom. The van der Waals surface area contributed by atoms with Gasteiger partial charge in [-0.15, -0.1) is 11.3 Å². The van der Waals surface area contributed by atoms with Gasteiger partial charge in [-0.25, -0.2) is 13.4 Å². The van der Waals surface area contributed by atoms with Crippen molar-refractivity contribution in [1.29, 1.82) is 0 Å². The lowest BCUT2D eigenvalue weighted by Gasteiger charge is -2.09. The highest BCUT2D eigenvalue weighted by Gasteiger charge is 2.19. The fourth-order valence-corrected chi connectivity index (χ4v) is 4.56. The molecular formula is C22H19N3O4S2. The van der Waals surface area contributed by atoms with Gasteiger partial charge in [-0.2, -0.15) is 0 Å². The normalized spacial score (nSPS) is 11.3. The van der Waals surface area contributed by atoms with Crippen LogP contribution in [0.3, 0.4) is 0 Å². The largest absolute Gasteiger partial charge is 0.440 e. The van der Waals surface area contributed by atoms with E-state index in [0.29, 0.717) is 23.0 Å². The number of hydrogen-bond donors (Lipinski definition) is 2. The van der Waals surface area contributed by atoms with Crippen molar-refractivity contribution in [2.75, 3.05) is 10.0 Å². The number of sulfonamides is 1. The SMILES string of the molecule is Cc1ccc(S(=O)(=O)Nc2ccc(NC(=O)c3nc(-c4cccs4)oc3C)cc2)cc1. The number of aryl methyl sites for hydroxylation is 2. The first kappa shape index (κ1) is 20.8. The van der Waals surface area contributed by atoms with Crippen molar-refractivity contribution in [2.45, 2.75) is 18.7 Å². The zero-order chi connectivity index (χ0) is 22.0. The Hall–Kier alpha value is -3.43. The molecule has 0 atom stereocenters. The Morgan fingerprint density at radius 3 is 2.29 bits per heavy atom. The van der Waals surface area contributed by atoms with Crippen LogP contribution in [0, 0.1) is 13.8 Å². The minimum atomic E-state index is -3.69. The standard InChI is InChI=1S/C22H19N3O4S2/c1-14-5-11-18(12-6-14)31(27,28)25-17-9-7-16(8-10-17)23-21(26)20-15(2)29-22(24-20)19-4-3-13-30-19/h3-13,25H,1-2H3,(H,23,26). The van der Waals surface area contributed by atoms with E-state index in [-0.39, 0.29) is 10.6 Å². The van der Waals surface area contributed by atoms with Gasteiger partial charge in [-0.3, -0.25) is 9.52 Å². The average Bonchev–Trinajstić information content (AvgIpc) is 3.39. The van der Waals surface area contributed by atoms with Crippen LogP contribution in [-0.4, -0.2) is 19.3 Å². The highest BCUT2D eigenvalue weighted by molar-refractivity contribution is 7.92. The second kappa shape index (κ2) is 8.37. The molecule has 0 unspecified atom stereocenters. The Balaban J connectivity index is 1.45. The van der Waals surface area contributed by atoms with Crippen molar-refractivity contribution in [3.8, 4) is 10.8 Å². The Bertz CT molecular complexity index is 1310. The Labute approximate surface area is 183 Å². The van der Waals surface area contributed by atoms with Crippen LogP contribution in [0.25, 0.3) is 10.8 Å². The van der Waals surface area contributed by atoms with Crippen molar-refractivity contribution < 1.29 is 17.6 Å². The maximum atomic E-state index is 12.6. The van der Waals surface area contributed by atoms with E-state index in [9.17, 15) is 13.2 Å². The average molecular weight is 454 g/mol. The van der Waals surface area contributed by atoms with Crippen LogP contribution in [0.1, 0.15) is 21.8 Å². The summed E-state index contributed by atoms with van der Waals surface area (Å²) in [5, 5.41) is 4.66. The molecule has 1 amide bonds. The maximum Gasteiger partial charge on any atom is 0.277 e. The summed E-state index contributed by atoms with van der Waals surface area (Å²) in [5.41, 5.74) is 2.07. The smallest absolute Gasteiger partial charge is 0.277 e. The third kappa shape index (κ3) is 4.68. The van der Waals surface area contributed by atoms with Crippen LogP contribution < -0.4 is 10.0 Å². The van der Waals surface area contributed by atoms with Crippen molar-refractivity contribution in [3.63, 3.8) is 0 Å². The van der Waals surface area contributed by atoms with Crippen molar-refractivity contribution in [2.24, 2.45) is 0 Å². The zero-order valence-corrected chi connectivity index (χ0v) is 18.4. The molecule has 0 aliphatic heterocycles. The number of rotatable bonds is 6. The molecule has 4 aromatic rings. The topological polar surface area (TPSA) is 101 Å². The molecule has 7 nitrogen and oxygen atoms in total. The molecule has 0 fully saturated rings. The molecule has 0 aliphatic carbocycles. The van der Waals surface area contributed by atoms with Crippen LogP contribution in [0.15, 0.2) is 75.4 Å². The van der Waals surface area contributed by atoms with Gasteiger partial charge in [0, 0.05) is 11.4 Å². The third-order valence-corrected chi connectivity index (χ3v) is 6.72. The molecule has 2 heterocycles. The van der Waals surface area contributed by atoms with Gasteiger partial charge in [-0.1, -0.05) is 23.8 Å².